The Morgan fingerprint density at radius 3 is 2.06 bits per heavy atom. The molecular weight excluding hydrogens is 243 g/mol. The van der Waals surface area contributed by atoms with Gasteiger partial charge in [-0.1, -0.05) is 30.3 Å². The molecule has 0 aliphatic rings. The minimum absolute atomic E-state index is 0. The number of furan rings is 1. The van der Waals surface area contributed by atoms with Crippen molar-refractivity contribution in [2.75, 3.05) is 0 Å². The number of rotatable bonds is 2. The van der Waals surface area contributed by atoms with Crippen LogP contribution in [-0.2, 0) is 0 Å². The van der Waals surface area contributed by atoms with Gasteiger partial charge in [-0.15, -0.1) is 0 Å². The van der Waals surface area contributed by atoms with Gasteiger partial charge in [-0.3, -0.25) is 0 Å². The molecule has 2 aromatic rings. The molecular formula is C10H7BF3KO. The summed E-state index contributed by atoms with van der Waals surface area (Å²) in [4.78, 5) is 0. The molecule has 0 bridgehead atoms. The normalized spacial score (nSPS) is 10.9. The van der Waals surface area contributed by atoms with Gasteiger partial charge in [0.25, 0.3) is 0 Å². The van der Waals surface area contributed by atoms with Gasteiger partial charge in [0, 0.05) is 11.2 Å². The zero-order valence-electron chi connectivity index (χ0n) is 8.66. The Kier molecular flexibility index (Phi) is 4.88. The summed E-state index contributed by atoms with van der Waals surface area (Å²) in [6, 6.07) is 9.82. The maximum Gasteiger partial charge on any atom is 1.00 e. The minimum atomic E-state index is -5.05. The van der Waals surface area contributed by atoms with E-state index in [-0.39, 0.29) is 51.4 Å². The molecule has 0 saturated heterocycles. The van der Waals surface area contributed by atoms with Gasteiger partial charge >= 0.3 is 58.4 Å². The predicted octanol–water partition coefficient (Wildman–Crippen LogP) is 0.00500. The second-order valence-electron chi connectivity index (χ2n) is 3.18. The third-order valence-electron chi connectivity index (χ3n) is 2.05. The van der Waals surface area contributed by atoms with Crippen molar-refractivity contribution in [1.29, 1.82) is 0 Å². The average Bonchev–Trinajstić information content (AvgIpc) is 2.67. The van der Waals surface area contributed by atoms with Crippen LogP contribution in [0, 0.1) is 0 Å². The number of hydrogen-bond donors (Lipinski definition) is 0. The van der Waals surface area contributed by atoms with Crippen LogP contribution in [0.5, 0.6) is 0 Å². The Hall–Kier alpha value is -0.00870. The molecule has 0 saturated carbocycles. The van der Waals surface area contributed by atoms with Crippen LogP contribution < -0.4 is 57.0 Å². The molecule has 1 aromatic carbocycles. The molecule has 0 atom stereocenters. The monoisotopic (exact) mass is 250 g/mol. The summed E-state index contributed by atoms with van der Waals surface area (Å²) in [7, 11) is 0. The molecule has 1 heterocycles. The molecule has 1 aromatic heterocycles. The molecule has 78 valence electrons. The summed E-state index contributed by atoms with van der Waals surface area (Å²) >= 11 is 0. The van der Waals surface area contributed by atoms with Gasteiger partial charge in [-0.05, 0) is 11.6 Å². The van der Waals surface area contributed by atoms with Crippen LogP contribution in [0.25, 0.3) is 11.1 Å². The third kappa shape index (κ3) is 3.24. The summed E-state index contributed by atoms with van der Waals surface area (Å²) in [5.41, 5.74) is 0.256. The van der Waals surface area contributed by atoms with Gasteiger partial charge in [0.2, 0.25) is 0 Å². The van der Waals surface area contributed by atoms with Crippen molar-refractivity contribution in [3.05, 3.63) is 42.7 Å². The summed E-state index contributed by atoms with van der Waals surface area (Å²) < 4.78 is 41.3. The first-order valence-electron chi connectivity index (χ1n) is 4.41. The van der Waals surface area contributed by atoms with Gasteiger partial charge in [-0.25, -0.2) is 0 Å². The van der Waals surface area contributed by atoms with Crippen LogP contribution in [0.1, 0.15) is 0 Å². The zero-order chi connectivity index (χ0) is 10.9. The zero-order valence-corrected chi connectivity index (χ0v) is 11.8. The molecule has 6 heteroatoms. The van der Waals surface area contributed by atoms with E-state index in [4.69, 9.17) is 0 Å². The van der Waals surface area contributed by atoms with E-state index in [1.54, 1.807) is 30.3 Å². The van der Waals surface area contributed by atoms with E-state index >= 15 is 0 Å². The second kappa shape index (κ2) is 5.55. The van der Waals surface area contributed by atoms with Crippen molar-refractivity contribution in [3.63, 3.8) is 0 Å². The summed E-state index contributed by atoms with van der Waals surface area (Å²) in [6.07, 6.45) is 1.12. The number of benzene rings is 1. The Balaban J connectivity index is 0.00000128. The van der Waals surface area contributed by atoms with Crippen molar-refractivity contribution in [1.82, 2.24) is 0 Å². The van der Waals surface area contributed by atoms with Crippen molar-refractivity contribution < 1.29 is 68.7 Å². The SMILES string of the molecule is F[B-](F)(F)c1cc(-c2ccccc2)co1.[K+]. The number of halogens is 3. The van der Waals surface area contributed by atoms with Crippen LogP contribution in [0.4, 0.5) is 12.9 Å². The Labute approximate surface area is 134 Å². The van der Waals surface area contributed by atoms with Gasteiger partial charge < -0.3 is 17.4 Å². The maximum atomic E-state index is 12.3. The fraction of sp³-hybridized carbons (Fsp3) is 0. The van der Waals surface area contributed by atoms with Crippen molar-refractivity contribution >= 4 is 12.6 Å². The van der Waals surface area contributed by atoms with Crippen molar-refractivity contribution in [3.8, 4) is 11.1 Å². The van der Waals surface area contributed by atoms with E-state index in [2.05, 4.69) is 4.42 Å². The Bertz CT molecular complexity index is 453. The molecule has 0 aliphatic heterocycles. The van der Waals surface area contributed by atoms with E-state index in [0.29, 0.717) is 11.1 Å². The first-order valence-corrected chi connectivity index (χ1v) is 4.41. The van der Waals surface area contributed by atoms with E-state index in [1.165, 1.54) is 0 Å². The van der Waals surface area contributed by atoms with E-state index in [9.17, 15) is 12.9 Å². The van der Waals surface area contributed by atoms with Crippen LogP contribution in [-0.4, -0.2) is 6.98 Å². The van der Waals surface area contributed by atoms with Gasteiger partial charge in [0.1, 0.15) is 0 Å². The molecule has 0 N–H and O–H groups in total. The van der Waals surface area contributed by atoms with Crippen molar-refractivity contribution in [2.45, 2.75) is 0 Å². The summed E-state index contributed by atoms with van der Waals surface area (Å²) in [5, 5.41) is 0. The van der Waals surface area contributed by atoms with Gasteiger partial charge in [-0.2, -0.15) is 0 Å². The third-order valence-corrected chi connectivity index (χ3v) is 2.05. The van der Waals surface area contributed by atoms with Crippen LogP contribution in [0.2, 0.25) is 0 Å². The molecule has 2 rings (SSSR count). The summed E-state index contributed by atoms with van der Waals surface area (Å²) in [5.74, 6) is 0. The second-order valence-corrected chi connectivity index (χ2v) is 3.18. The fourth-order valence-electron chi connectivity index (χ4n) is 1.31. The topological polar surface area (TPSA) is 13.1 Å². The summed E-state index contributed by atoms with van der Waals surface area (Å²) in [6.45, 7) is -5.05. The minimum Gasteiger partial charge on any atom is -0.500 e. The van der Waals surface area contributed by atoms with Crippen LogP contribution in [0.15, 0.2) is 47.1 Å². The number of hydrogen-bond acceptors (Lipinski definition) is 1. The maximum absolute atomic E-state index is 12.3. The standard InChI is InChI=1S/C10H7BF3O.K/c12-11(13,14)10-6-9(7-15-10)8-4-2-1-3-5-8;/h1-7H;/q-1;+1. The molecule has 1 nitrogen and oxygen atoms in total. The Morgan fingerprint density at radius 1 is 0.938 bits per heavy atom. The fourth-order valence-corrected chi connectivity index (χ4v) is 1.31. The van der Waals surface area contributed by atoms with Gasteiger partial charge in [0.15, 0.2) is 0 Å². The molecule has 0 radical (unpaired) electrons. The van der Waals surface area contributed by atoms with E-state index < -0.39 is 12.6 Å². The molecule has 0 unspecified atom stereocenters. The first-order chi connectivity index (χ1) is 7.07. The molecule has 16 heavy (non-hydrogen) atoms. The molecule has 0 spiro atoms. The first kappa shape index (κ1) is 14.1. The van der Waals surface area contributed by atoms with E-state index in [0.717, 1.165) is 12.3 Å². The van der Waals surface area contributed by atoms with Crippen LogP contribution in [0.3, 0.4) is 0 Å². The average molecular weight is 250 g/mol. The van der Waals surface area contributed by atoms with E-state index in [1.807, 2.05) is 0 Å². The molecule has 0 amide bonds. The quantitative estimate of drug-likeness (QED) is 0.684. The largest absolute Gasteiger partial charge is 1.00 e. The predicted molar refractivity (Wildman–Crippen MR) is 52.9 cm³/mol. The molecule has 0 fully saturated rings. The van der Waals surface area contributed by atoms with Gasteiger partial charge in [0.05, 0.1) is 6.26 Å². The Morgan fingerprint density at radius 2 is 1.56 bits per heavy atom. The van der Waals surface area contributed by atoms with Crippen LogP contribution >= 0.6 is 0 Å². The smallest absolute Gasteiger partial charge is 0.500 e. The van der Waals surface area contributed by atoms with Crippen molar-refractivity contribution in [2.24, 2.45) is 0 Å². The molecule has 0 aliphatic carbocycles.